The number of nitrogens with zero attached hydrogens (tertiary/aromatic N) is 6. The number of hydrogen-bond donors (Lipinski definition) is 1. The second-order valence-corrected chi connectivity index (χ2v) is 8.21. The zero-order chi connectivity index (χ0) is 19.4. The molecule has 6 rings (SSSR count). The van der Waals surface area contributed by atoms with E-state index in [-0.39, 0.29) is 6.04 Å². The first kappa shape index (κ1) is 17.2. The molecule has 3 saturated heterocycles. The maximum Gasteiger partial charge on any atom is 0.169 e. The highest BCUT2D eigenvalue weighted by atomic mass is 16.5. The highest BCUT2D eigenvalue weighted by Gasteiger charge is 2.35. The van der Waals surface area contributed by atoms with Gasteiger partial charge in [-0.15, -0.1) is 0 Å². The van der Waals surface area contributed by atoms with Crippen molar-refractivity contribution in [3.05, 3.63) is 24.5 Å². The van der Waals surface area contributed by atoms with Crippen LogP contribution in [0, 0.1) is 0 Å². The van der Waals surface area contributed by atoms with Gasteiger partial charge < -0.3 is 19.3 Å². The largest absolute Gasteiger partial charge is 0.377 e. The summed E-state index contributed by atoms with van der Waals surface area (Å²) in [6.45, 7) is 6.25. The fraction of sp³-hybridized carbons (Fsp3) is 0.550. The summed E-state index contributed by atoms with van der Waals surface area (Å²) >= 11 is 0. The van der Waals surface area contributed by atoms with E-state index >= 15 is 0 Å². The summed E-state index contributed by atoms with van der Waals surface area (Å²) in [7, 11) is 0. The van der Waals surface area contributed by atoms with Crippen molar-refractivity contribution in [3.8, 4) is 11.3 Å². The second kappa shape index (κ2) is 6.70. The molecule has 9 heteroatoms. The van der Waals surface area contributed by atoms with Gasteiger partial charge in [0.2, 0.25) is 0 Å². The van der Waals surface area contributed by atoms with E-state index in [9.17, 15) is 0 Å². The van der Waals surface area contributed by atoms with Crippen LogP contribution in [0.15, 0.2) is 24.5 Å². The molecular formula is C20H25N7O2. The van der Waals surface area contributed by atoms with Crippen LogP contribution in [0.2, 0.25) is 0 Å². The molecule has 3 fully saturated rings. The molecule has 3 aromatic heterocycles. The maximum absolute atomic E-state index is 6.04. The Morgan fingerprint density at radius 2 is 2.07 bits per heavy atom. The number of hydrogen-bond acceptors (Lipinski definition) is 7. The fourth-order valence-corrected chi connectivity index (χ4v) is 4.76. The van der Waals surface area contributed by atoms with Crippen molar-refractivity contribution in [2.45, 2.75) is 38.0 Å². The number of rotatable bonds is 3. The van der Waals surface area contributed by atoms with Crippen LogP contribution in [0.4, 0.5) is 11.6 Å². The van der Waals surface area contributed by atoms with Crippen molar-refractivity contribution in [2.75, 3.05) is 42.6 Å². The Bertz CT molecular complexity index is 1010. The van der Waals surface area contributed by atoms with Crippen LogP contribution in [0.1, 0.15) is 19.8 Å². The molecule has 0 radical (unpaired) electrons. The third-order valence-corrected chi connectivity index (χ3v) is 6.25. The lowest BCUT2D eigenvalue weighted by Crippen LogP contribution is -2.45. The van der Waals surface area contributed by atoms with Gasteiger partial charge in [-0.3, -0.25) is 5.10 Å². The highest BCUT2D eigenvalue weighted by Crippen LogP contribution is 2.33. The van der Waals surface area contributed by atoms with E-state index in [1.807, 2.05) is 23.0 Å². The van der Waals surface area contributed by atoms with Crippen LogP contribution in [0.3, 0.4) is 0 Å². The van der Waals surface area contributed by atoms with Crippen LogP contribution in [0.5, 0.6) is 0 Å². The Balaban J connectivity index is 1.50. The normalized spacial score (nSPS) is 27.1. The number of morpholine rings is 2. The Labute approximate surface area is 168 Å². The van der Waals surface area contributed by atoms with Gasteiger partial charge in [0.15, 0.2) is 5.65 Å². The van der Waals surface area contributed by atoms with Gasteiger partial charge in [0.1, 0.15) is 11.6 Å². The lowest BCUT2D eigenvalue weighted by atomic mass is 10.2. The van der Waals surface area contributed by atoms with Gasteiger partial charge in [0.25, 0.3) is 0 Å². The van der Waals surface area contributed by atoms with Gasteiger partial charge in [0.05, 0.1) is 48.9 Å². The van der Waals surface area contributed by atoms with E-state index in [0.29, 0.717) is 18.8 Å². The second-order valence-electron chi connectivity index (χ2n) is 8.21. The molecular weight excluding hydrogens is 370 g/mol. The van der Waals surface area contributed by atoms with Crippen LogP contribution in [-0.4, -0.2) is 75.9 Å². The molecule has 152 valence electrons. The third kappa shape index (κ3) is 2.87. The Kier molecular flexibility index (Phi) is 3.98. The molecule has 9 nitrogen and oxygen atoms in total. The molecule has 1 N–H and O–H groups in total. The van der Waals surface area contributed by atoms with E-state index in [1.54, 1.807) is 0 Å². The van der Waals surface area contributed by atoms with E-state index < -0.39 is 0 Å². The predicted octanol–water partition coefficient (Wildman–Crippen LogP) is 1.71. The standard InChI is InChI=1S/C20H25N7O2/c1-13-12-28-7-6-26(13)19-8-18(25-10-14-2-3-15(11-25)29-14)23-20-16(9-22-27(19)20)17-4-5-21-24-17/h4-5,8-9,13-15H,2-3,6-7,10-12H2,1H3,(H,21,24)/t13-,14?,15?/m1/s1. The van der Waals surface area contributed by atoms with Crippen molar-refractivity contribution in [1.29, 1.82) is 0 Å². The molecule has 6 heterocycles. The molecule has 0 saturated carbocycles. The lowest BCUT2D eigenvalue weighted by Gasteiger charge is -2.37. The molecule has 3 aliphatic rings. The smallest absolute Gasteiger partial charge is 0.169 e. The number of ether oxygens (including phenoxy) is 2. The first-order valence-corrected chi connectivity index (χ1v) is 10.4. The van der Waals surface area contributed by atoms with Crippen molar-refractivity contribution < 1.29 is 9.47 Å². The van der Waals surface area contributed by atoms with E-state index in [1.165, 1.54) is 0 Å². The van der Waals surface area contributed by atoms with E-state index in [0.717, 1.165) is 67.6 Å². The molecule has 2 unspecified atom stereocenters. The monoisotopic (exact) mass is 395 g/mol. The summed E-state index contributed by atoms with van der Waals surface area (Å²) in [5.41, 5.74) is 2.63. The van der Waals surface area contributed by atoms with Crippen LogP contribution in [0.25, 0.3) is 16.9 Å². The quantitative estimate of drug-likeness (QED) is 0.723. The molecule has 3 aromatic rings. The average molecular weight is 395 g/mol. The molecule has 0 aromatic carbocycles. The molecule has 3 aliphatic heterocycles. The summed E-state index contributed by atoms with van der Waals surface area (Å²) < 4.78 is 13.7. The predicted molar refractivity (Wildman–Crippen MR) is 108 cm³/mol. The first-order chi connectivity index (χ1) is 14.3. The van der Waals surface area contributed by atoms with Crippen LogP contribution < -0.4 is 9.80 Å². The molecule has 3 atom stereocenters. The van der Waals surface area contributed by atoms with Crippen molar-refractivity contribution in [3.63, 3.8) is 0 Å². The number of nitrogens with one attached hydrogen (secondary N) is 1. The van der Waals surface area contributed by atoms with Crippen molar-refractivity contribution >= 4 is 17.3 Å². The number of aromatic nitrogens is 5. The average Bonchev–Trinajstić information content (AvgIpc) is 3.47. The van der Waals surface area contributed by atoms with Gasteiger partial charge >= 0.3 is 0 Å². The Morgan fingerprint density at radius 1 is 1.21 bits per heavy atom. The number of H-pyrrole nitrogens is 1. The summed E-state index contributed by atoms with van der Waals surface area (Å²) in [6, 6.07) is 4.42. The molecule has 0 aliphatic carbocycles. The summed E-state index contributed by atoms with van der Waals surface area (Å²) in [5, 5.41) is 11.9. The van der Waals surface area contributed by atoms with E-state index in [4.69, 9.17) is 14.5 Å². The highest BCUT2D eigenvalue weighted by molar-refractivity contribution is 5.77. The number of anilines is 2. The SMILES string of the molecule is C[C@@H]1COCCN1c1cc(N2CC3CCC(C2)O3)nc2c(-c3cc[nH]n3)cnn12. The summed E-state index contributed by atoms with van der Waals surface area (Å²) in [4.78, 5) is 9.80. The van der Waals surface area contributed by atoms with Gasteiger partial charge in [-0.25, -0.2) is 4.98 Å². The fourth-order valence-electron chi connectivity index (χ4n) is 4.76. The Hall–Kier alpha value is -2.65. The minimum Gasteiger partial charge on any atom is -0.377 e. The van der Waals surface area contributed by atoms with Gasteiger partial charge in [-0.05, 0) is 25.8 Å². The molecule has 0 amide bonds. The molecule has 0 spiro atoms. The van der Waals surface area contributed by atoms with Crippen LogP contribution >= 0.6 is 0 Å². The van der Waals surface area contributed by atoms with Gasteiger partial charge in [-0.2, -0.15) is 14.7 Å². The molecule has 29 heavy (non-hydrogen) atoms. The number of fused-ring (bicyclic) bond motifs is 3. The summed E-state index contributed by atoms with van der Waals surface area (Å²) in [6.07, 6.45) is 6.60. The minimum atomic E-state index is 0.279. The minimum absolute atomic E-state index is 0.279. The Morgan fingerprint density at radius 3 is 2.83 bits per heavy atom. The third-order valence-electron chi connectivity index (χ3n) is 6.25. The van der Waals surface area contributed by atoms with Crippen LogP contribution in [-0.2, 0) is 9.47 Å². The number of aromatic amines is 1. The summed E-state index contributed by atoms with van der Waals surface area (Å²) in [5.74, 6) is 2.05. The van der Waals surface area contributed by atoms with Crippen molar-refractivity contribution in [2.24, 2.45) is 0 Å². The molecule has 2 bridgehead atoms. The zero-order valence-electron chi connectivity index (χ0n) is 16.5. The zero-order valence-corrected chi connectivity index (χ0v) is 16.5. The van der Waals surface area contributed by atoms with Crippen molar-refractivity contribution in [1.82, 2.24) is 24.8 Å². The van der Waals surface area contributed by atoms with E-state index in [2.05, 4.69) is 38.1 Å². The topological polar surface area (TPSA) is 83.8 Å². The van der Waals surface area contributed by atoms with Gasteiger partial charge in [0, 0.05) is 31.9 Å². The maximum atomic E-state index is 6.04. The van der Waals surface area contributed by atoms with Gasteiger partial charge in [-0.1, -0.05) is 0 Å². The first-order valence-electron chi connectivity index (χ1n) is 10.4. The lowest BCUT2D eigenvalue weighted by molar-refractivity contribution is 0.0302.